The van der Waals surface area contributed by atoms with Gasteiger partial charge in [0.05, 0.1) is 11.7 Å². The van der Waals surface area contributed by atoms with Crippen LogP contribution in [0.2, 0.25) is 0 Å². The molecule has 25 heavy (non-hydrogen) atoms. The molecular formula is C21H21N3O. The van der Waals surface area contributed by atoms with E-state index in [9.17, 15) is 4.79 Å². The molecule has 1 N–H and O–H groups in total. The molecule has 0 spiro atoms. The Balaban J connectivity index is 1.57. The third-order valence-corrected chi connectivity index (χ3v) is 4.66. The highest BCUT2D eigenvalue weighted by Gasteiger charge is 2.33. The number of para-hydroxylation sites is 1. The Morgan fingerprint density at radius 1 is 1.08 bits per heavy atom. The van der Waals surface area contributed by atoms with Crippen molar-refractivity contribution in [2.45, 2.75) is 25.8 Å². The molecule has 4 heteroatoms. The minimum Gasteiger partial charge on any atom is -0.344 e. The Labute approximate surface area is 147 Å². The van der Waals surface area contributed by atoms with Gasteiger partial charge in [0.2, 0.25) is 0 Å². The summed E-state index contributed by atoms with van der Waals surface area (Å²) in [6.45, 7) is 1.96. The summed E-state index contributed by atoms with van der Waals surface area (Å²) in [7, 11) is 0. The average molecular weight is 331 g/mol. The van der Waals surface area contributed by atoms with Crippen LogP contribution in [0.15, 0.2) is 66.7 Å². The lowest BCUT2D eigenvalue weighted by atomic mass is 10.0. The van der Waals surface area contributed by atoms with Crippen molar-refractivity contribution in [1.29, 1.82) is 0 Å². The van der Waals surface area contributed by atoms with Gasteiger partial charge in [-0.15, -0.1) is 0 Å². The lowest BCUT2D eigenvalue weighted by Crippen LogP contribution is -2.30. The Morgan fingerprint density at radius 3 is 2.36 bits per heavy atom. The van der Waals surface area contributed by atoms with Crippen LogP contribution in [-0.4, -0.2) is 15.7 Å². The van der Waals surface area contributed by atoms with Gasteiger partial charge in [0.1, 0.15) is 0 Å². The van der Waals surface area contributed by atoms with E-state index in [2.05, 4.69) is 22.5 Å². The molecule has 1 heterocycles. The minimum absolute atomic E-state index is 0.0656. The van der Waals surface area contributed by atoms with Crippen LogP contribution >= 0.6 is 0 Å². The summed E-state index contributed by atoms with van der Waals surface area (Å²) in [5, 5.41) is 7.70. The summed E-state index contributed by atoms with van der Waals surface area (Å²) in [4.78, 5) is 12.8. The van der Waals surface area contributed by atoms with Crippen LogP contribution < -0.4 is 5.32 Å². The predicted molar refractivity (Wildman–Crippen MR) is 97.7 cm³/mol. The molecule has 3 aromatic rings. The molecule has 0 aliphatic heterocycles. The summed E-state index contributed by atoms with van der Waals surface area (Å²) in [5.74, 6) is 0.419. The Kier molecular flexibility index (Phi) is 4.10. The minimum atomic E-state index is -0.112. The second-order valence-electron chi connectivity index (χ2n) is 6.62. The van der Waals surface area contributed by atoms with Crippen molar-refractivity contribution in [3.63, 3.8) is 0 Å². The van der Waals surface area contributed by atoms with Crippen LogP contribution in [0.25, 0.3) is 5.69 Å². The third kappa shape index (κ3) is 3.33. The first-order valence-corrected chi connectivity index (χ1v) is 8.70. The van der Waals surface area contributed by atoms with Crippen molar-refractivity contribution in [1.82, 2.24) is 15.1 Å². The van der Waals surface area contributed by atoms with E-state index in [1.165, 1.54) is 0 Å². The van der Waals surface area contributed by atoms with Gasteiger partial charge in [-0.1, -0.05) is 48.5 Å². The molecule has 0 saturated heterocycles. The van der Waals surface area contributed by atoms with E-state index >= 15 is 0 Å². The fourth-order valence-electron chi connectivity index (χ4n) is 3.19. The molecule has 0 bridgehead atoms. The molecule has 1 saturated carbocycles. The molecule has 1 unspecified atom stereocenters. The number of carbonyl (C=O) groups excluding carboxylic acids is 1. The fraction of sp³-hybridized carbons (Fsp3) is 0.238. The van der Waals surface area contributed by atoms with Crippen LogP contribution in [0.5, 0.6) is 0 Å². The van der Waals surface area contributed by atoms with Crippen molar-refractivity contribution >= 4 is 5.91 Å². The molecule has 1 atom stereocenters. The third-order valence-electron chi connectivity index (χ3n) is 4.66. The van der Waals surface area contributed by atoms with E-state index in [1.54, 1.807) is 0 Å². The van der Waals surface area contributed by atoms with Gasteiger partial charge in [0.15, 0.2) is 5.69 Å². The standard InChI is InChI=1S/C21H21N3O/c1-15-14-19(23-24(15)18-10-6-3-7-11-18)21(25)22-20(17-12-13-17)16-8-4-2-5-9-16/h2-11,14,17,20H,12-13H2,1H3,(H,22,25). The van der Waals surface area contributed by atoms with Crippen molar-refractivity contribution in [3.05, 3.63) is 83.7 Å². The van der Waals surface area contributed by atoms with Crippen molar-refractivity contribution < 1.29 is 4.79 Å². The number of amides is 1. The van der Waals surface area contributed by atoms with Crippen LogP contribution in [0.1, 0.15) is 40.6 Å². The molecule has 0 radical (unpaired) electrons. The first-order chi connectivity index (χ1) is 12.2. The highest BCUT2D eigenvalue weighted by Crippen LogP contribution is 2.41. The molecule has 1 aliphatic rings. The number of benzene rings is 2. The largest absolute Gasteiger partial charge is 0.344 e. The Hall–Kier alpha value is -2.88. The molecular weight excluding hydrogens is 310 g/mol. The number of carbonyl (C=O) groups is 1. The van der Waals surface area contributed by atoms with Crippen LogP contribution in [0.4, 0.5) is 0 Å². The van der Waals surface area contributed by atoms with E-state index in [1.807, 2.05) is 66.2 Å². The van der Waals surface area contributed by atoms with E-state index in [4.69, 9.17) is 0 Å². The van der Waals surface area contributed by atoms with E-state index in [0.717, 1.165) is 29.8 Å². The highest BCUT2D eigenvalue weighted by atomic mass is 16.2. The maximum Gasteiger partial charge on any atom is 0.272 e. The smallest absolute Gasteiger partial charge is 0.272 e. The van der Waals surface area contributed by atoms with Gasteiger partial charge in [0, 0.05) is 5.69 Å². The van der Waals surface area contributed by atoms with E-state index in [-0.39, 0.29) is 11.9 Å². The van der Waals surface area contributed by atoms with E-state index < -0.39 is 0 Å². The predicted octanol–water partition coefficient (Wildman–Crippen LogP) is 4.06. The second kappa shape index (κ2) is 6.55. The maximum absolute atomic E-state index is 12.8. The monoisotopic (exact) mass is 331 g/mol. The maximum atomic E-state index is 12.8. The lowest BCUT2D eigenvalue weighted by molar-refractivity contribution is 0.0926. The summed E-state index contributed by atoms with van der Waals surface area (Å²) < 4.78 is 1.81. The van der Waals surface area contributed by atoms with Crippen LogP contribution in [0.3, 0.4) is 0 Å². The molecule has 126 valence electrons. The highest BCUT2D eigenvalue weighted by molar-refractivity contribution is 5.92. The summed E-state index contributed by atoms with van der Waals surface area (Å²) in [6, 6.07) is 22.0. The van der Waals surface area contributed by atoms with Crippen LogP contribution in [-0.2, 0) is 0 Å². The number of nitrogens with one attached hydrogen (secondary N) is 1. The van der Waals surface area contributed by atoms with Gasteiger partial charge >= 0.3 is 0 Å². The summed E-state index contributed by atoms with van der Waals surface area (Å²) in [6.07, 6.45) is 2.33. The molecule has 2 aromatic carbocycles. The average Bonchev–Trinajstić information content (AvgIpc) is 3.42. The zero-order chi connectivity index (χ0) is 17.2. The SMILES string of the molecule is Cc1cc(C(=O)NC(c2ccccc2)C2CC2)nn1-c1ccccc1. The molecule has 1 aliphatic carbocycles. The van der Waals surface area contributed by atoms with Crippen LogP contribution in [0, 0.1) is 12.8 Å². The zero-order valence-electron chi connectivity index (χ0n) is 14.2. The van der Waals surface area contributed by atoms with Gasteiger partial charge in [-0.25, -0.2) is 4.68 Å². The second-order valence-corrected chi connectivity index (χ2v) is 6.62. The topological polar surface area (TPSA) is 46.9 Å². The van der Waals surface area contributed by atoms with Gasteiger partial charge in [-0.3, -0.25) is 4.79 Å². The first kappa shape index (κ1) is 15.6. The normalized spacial score (nSPS) is 14.9. The summed E-state index contributed by atoms with van der Waals surface area (Å²) >= 11 is 0. The first-order valence-electron chi connectivity index (χ1n) is 8.70. The van der Waals surface area contributed by atoms with Gasteiger partial charge in [-0.05, 0) is 49.4 Å². The number of aryl methyl sites for hydroxylation is 1. The summed E-state index contributed by atoms with van der Waals surface area (Å²) in [5.41, 5.74) is 3.53. The van der Waals surface area contributed by atoms with Crippen molar-refractivity contribution in [2.75, 3.05) is 0 Å². The number of nitrogens with zero attached hydrogens (tertiary/aromatic N) is 2. The number of aromatic nitrogens is 2. The van der Waals surface area contributed by atoms with E-state index in [0.29, 0.717) is 11.6 Å². The van der Waals surface area contributed by atoms with Gasteiger partial charge in [0.25, 0.3) is 5.91 Å². The molecule has 1 fully saturated rings. The molecule has 1 amide bonds. The zero-order valence-corrected chi connectivity index (χ0v) is 14.2. The number of rotatable bonds is 5. The van der Waals surface area contributed by atoms with Gasteiger partial charge < -0.3 is 5.32 Å². The van der Waals surface area contributed by atoms with Crippen molar-refractivity contribution in [2.24, 2.45) is 5.92 Å². The lowest BCUT2D eigenvalue weighted by Gasteiger charge is -2.18. The number of hydrogen-bond acceptors (Lipinski definition) is 2. The Morgan fingerprint density at radius 2 is 1.72 bits per heavy atom. The van der Waals surface area contributed by atoms with Gasteiger partial charge in [-0.2, -0.15) is 5.10 Å². The quantitative estimate of drug-likeness (QED) is 0.766. The molecule has 4 rings (SSSR count). The molecule has 4 nitrogen and oxygen atoms in total. The number of hydrogen-bond donors (Lipinski definition) is 1. The Bertz CT molecular complexity index is 867. The van der Waals surface area contributed by atoms with Crippen molar-refractivity contribution in [3.8, 4) is 5.69 Å². The molecule has 1 aromatic heterocycles. The fourth-order valence-corrected chi connectivity index (χ4v) is 3.19.